The van der Waals surface area contributed by atoms with Crippen molar-refractivity contribution in [2.75, 3.05) is 0 Å². The summed E-state index contributed by atoms with van der Waals surface area (Å²) in [6, 6.07) is 19.5. The summed E-state index contributed by atoms with van der Waals surface area (Å²) in [4.78, 5) is 8.45. The Morgan fingerprint density at radius 2 is 1.83 bits per heavy atom. The van der Waals surface area contributed by atoms with Crippen molar-refractivity contribution in [2.45, 2.75) is 6.10 Å². The Morgan fingerprint density at radius 1 is 0.913 bits per heavy atom. The van der Waals surface area contributed by atoms with Crippen LogP contribution in [0.25, 0.3) is 10.9 Å². The first kappa shape index (κ1) is 13.5. The van der Waals surface area contributed by atoms with Gasteiger partial charge in [0.05, 0.1) is 5.52 Å². The van der Waals surface area contributed by atoms with Gasteiger partial charge in [-0.25, -0.2) is 0 Å². The zero-order valence-electron chi connectivity index (χ0n) is 12.2. The van der Waals surface area contributed by atoms with Crippen LogP contribution in [0, 0.1) is 0 Å². The van der Waals surface area contributed by atoms with E-state index in [1.165, 1.54) is 6.39 Å². The standard InChI is InChI=1S/C18H13N3O2/c1-2-5-13(6-3-1)17(18-20-12-22-21-18)23-15-8-9-16-14(11-15)7-4-10-19-16/h1-12,17H. The Bertz CT molecular complexity index is 908. The minimum absolute atomic E-state index is 0.427. The molecule has 0 radical (unpaired) electrons. The van der Waals surface area contributed by atoms with Crippen LogP contribution < -0.4 is 4.74 Å². The van der Waals surface area contributed by atoms with Crippen molar-refractivity contribution in [2.24, 2.45) is 0 Å². The highest BCUT2D eigenvalue weighted by Crippen LogP contribution is 2.28. The van der Waals surface area contributed by atoms with Gasteiger partial charge in [0, 0.05) is 17.1 Å². The molecule has 0 bridgehead atoms. The molecule has 0 amide bonds. The molecule has 1 unspecified atom stereocenters. The number of ether oxygens (including phenoxy) is 1. The second kappa shape index (κ2) is 5.88. The Balaban J connectivity index is 1.72. The molecule has 2 aromatic heterocycles. The molecule has 0 aliphatic heterocycles. The Labute approximate surface area is 132 Å². The van der Waals surface area contributed by atoms with Crippen LogP contribution in [0.1, 0.15) is 17.5 Å². The van der Waals surface area contributed by atoms with E-state index in [0.717, 1.165) is 22.2 Å². The van der Waals surface area contributed by atoms with E-state index in [-0.39, 0.29) is 0 Å². The summed E-state index contributed by atoms with van der Waals surface area (Å²) in [7, 11) is 0. The smallest absolute Gasteiger partial charge is 0.217 e. The molecule has 5 nitrogen and oxygen atoms in total. The minimum atomic E-state index is -0.427. The third-order valence-electron chi connectivity index (χ3n) is 3.54. The summed E-state index contributed by atoms with van der Waals surface area (Å²) in [5.41, 5.74) is 1.89. The van der Waals surface area contributed by atoms with Gasteiger partial charge in [0.2, 0.25) is 12.2 Å². The summed E-state index contributed by atoms with van der Waals surface area (Å²) in [5, 5.41) is 4.95. The van der Waals surface area contributed by atoms with Crippen LogP contribution in [0.15, 0.2) is 77.8 Å². The molecule has 2 heterocycles. The maximum Gasteiger partial charge on any atom is 0.217 e. The van der Waals surface area contributed by atoms with Crippen LogP contribution >= 0.6 is 0 Å². The van der Waals surface area contributed by atoms with Crippen molar-refractivity contribution in [3.05, 3.63) is 84.6 Å². The summed E-state index contributed by atoms with van der Waals surface area (Å²) >= 11 is 0. The molecule has 0 aliphatic rings. The quantitative estimate of drug-likeness (QED) is 0.574. The van der Waals surface area contributed by atoms with Crippen molar-refractivity contribution in [3.63, 3.8) is 0 Å². The number of benzene rings is 2. The second-order valence-corrected chi connectivity index (χ2v) is 5.06. The Kier molecular flexibility index (Phi) is 3.44. The van der Waals surface area contributed by atoms with Crippen LogP contribution in [0.5, 0.6) is 5.75 Å². The third kappa shape index (κ3) is 2.76. The number of rotatable bonds is 4. The van der Waals surface area contributed by atoms with Gasteiger partial charge >= 0.3 is 0 Å². The average Bonchev–Trinajstić information content (AvgIpc) is 3.14. The maximum atomic E-state index is 6.14. The van der Waals surface area contributed by atoms with E-state index in [4.69, 9.17) is 9.26 Å². The van der Waals surface area contributed by atoms with E-state index >= 15 is 0 Å². The number of fused-ring (bicyclic) bond motifs is 1. The van der Waals surface area contributed by atoms with E-state index in [2.05, 4.69) is 15.1 Å². The van der Waals surface area contributed by atoms with Gasteiger partial charge in [-0.15, -0.1) is 0 Å². The number of pyridine rings is 1. The molecule has 4 rings (SSSR count). The van der Waals surface area contributed by atoms with E-state index < -0.39 is 6.10 Å². The van der Waals surface area contributed by atoms with E-state index in [0.29, 0.717) is 5.82 Å². The molecule has 0 N–H and O–H groups in total. The van der Waals surface area contributed by atoms with Crippen LogP contribution in [0.3, 0.4) is 0 Å². The van der Waals surface area contributed by atoms with Crippen LogP contribution in [-0.2, 0) is 0 Å². The number of hydrogen-bond donors (Lipinski definition) is 0. The van der Waals surface area contributed by atoms with Gasteiger partial charge < -0.3 is 9.26 Å². The van der Waals surface area contributed by atoms with Gasteiger partial charge in [0.15, 0.2) is 6.10 Å². The fourth-order valence-electron chi connectivity index (χ4n) is 2.46. The number of hydrogen-bond acceptors (Lipinski definition) is 5. The molecule has 0 fully saturated rings. The van der Waals surface area contributed by atoms with Crippen molar-refractivity contribution < 1.29 is 9.26 Å². The fraction of sp³-hybridized carbons (Fsp3) is 0.0556. The Morgan fingerprint density at radius 3 is 2.65 bits per heavy atom. The van der Waals surface area contributed by atoms with Gasteiger partial charge in [-0.3, -0.25) is 4.98 Å². The predicted octanol–water partition coefficient (Wildman–Crippen LogP) is 3.79. The predicted molar refractivity (Wildman–Crippen MR) is 85.0 cm³/mol. The van der Waals surface area contributed by atoms with Crippen molar-refractivity contribution in [1.29, 1.82) is 0 Å². The van der Waals surface area contributed by atoms with E-state index in [9.17, 15) is 0 Å². The highest BCUT2D eigenvalue weighted by molar-refractivity contribution is 5.79. The first-order valence-electron chi connectivity index (χ1n) is 7.23. The molecule has 0 aliphatic carbocycles. The van der Waals surface area contributed by atoms with Gasteiger partial charge in [0.25, 0.3) is 0 Å². The van der Waals surface area contributed by atoms with Crippen molar-refractivity contribution >= 4 is 10.9 Å². The topological polar surface area (TPSA) is 61.0 Å². The lowest BCUT2D eigenvalue weighted by Crippen LogP contribution is -2.11. The molecule has 0 saturated carbocycles. The molecule has 23 heavy (non-hydrogen) atoms. The first-order chi connectivity index (χ1) is 11.4. The van der Waals surface area contributed by atoms with Gasteiger partial charge in [0.1, 0.15) is 5.75 Å². The van der Waals surface area contributed by atoms with Crippen LogP contribution in [-0.4, -0.2) is 15.1 Å². The second-order valence-electron chi connectivity index (χ2n) is 5.06. The molecular weight excluding hydrogens is 290 g/mol. The molecular formula is C18H13N3O2. The van der Waals surface area contributed by atoms with Crippen LogP contribution in [0.2, 0.25) is 0 Å². The zero-order valence-corrected chi connectivity index (χ0v) is 12.2. The largest absolute Gasteiger partial charge is 0.478 e. The molecule has 1 atom stereocenters. The monoisotopic (exact) mass is 303 g/mol. The number of nitrogens with zero attached hydrogens (tertiary/aromatic N) is 3. The maximum absolute atomic E-state index is 6.14. The summed E-state index contributed by atoms with van der Waals surface area (Å²) in [5.74, 6) is 1.21. The number of aromatic nitrogens is 3. The first-order valence-corrected chi connectivity index (χ1v) is 7.23. The molecule has 2 aromatic carbocycles. The van der Waals surface area contributed by atoms with E-state index in [1.54, 1.807) is 6.20 Å². The lowest BCUT2D eigenvalue weighted by Gasteiger charge is -2.16. The van der Waals surface area contributed by atoms with Crippen molar-refractivity contribution in [1.82, 2.24) is 15.1 Å². The lowest BCUT2D eigenvalue weighted by molar-refractivity contribution is 0.231. The lowest BCUT2D eigenvalue weighted by atomic mass is 10.1. The van der Waals surface area contributed by atoms with Gasteiger partial charge in [-0.1, -0.05) is 41.6 Å². The zero-order chi connectivity index (χ0) is 15.5. The van der Waals surface area contributed by atoms with E-state index in [1.807, 2.05) is 60.7 Å². The third-order valence-corrected chi connectivity index (χ3v) is 3.54. The highest BCUT2D eigenvalue weighted by atomic mass is 16.5. The molecule has 5 heteroatoms. The highest BCUT2D eigenvalue weighted by Gasteiger charge is 2.20. The molecule has 112 valence electrons. The molecule has 0 spiro atoms. The van der Waals surface area contributed by atoms with Crippen LogP contribution in [0.4, 0.5) is 0 Å². The van der Waals surface area contributed by atoms with Crippen molar-refractivity contribution in [3.8, 4) is 5.75 Å². The summed E-state index contributed by atoms with van der Waals surface area (Å²) in [6.45, 7) is 0. The minimum Gasteiger partial charge on any atom is -0.478 e. The fourth-order valence-corrected chi connectivity index (χ4v) is 2.46. The summed E-state index contributed by atoms with van der Waals surface area (Å²) < 4.78 is 11.0. The Hall–Kier alpha value is -3.21. The van der Waals surface area contributed by atoms with Gasteiger partial charge in [-0.05, 0) is 24.3 Å². The SMILES string of the molecule is c1ccc(C(Oc2ccc3ncccc3c2)c2ncon2)cc1. The normalized spacial score (nSPS) is 12.2. The molecule has 4 aromatic rings. The van der Waals surface area contributed by atoms with Gasteiger partial charge in [-0.2, -0.15) is 4.98 Å². The summed E-state index contributed by atoms with van der Waals surface area (Å²) in [6.07, 6.45) is 2.65. The molecule has 0 saturated heterocycles. The average molecular weight is 303 g/mol.